The number of primary amides is 1. The topological polar surface area (TPSA) is 215 Å². The molecule has 14 heteroatoms. The van der Waals surface area contributed by atoms with Gasteiger partial charge in [-0.2, -0.15) is 0 Å². The second kappa shape index (κ2) is 15.0. The fourth-order valence-electron chi connectivity index (χ4n) is 5.54. The Morgan fingerprint density at radius 1 is 0.854 bits per heavy atom. The van der Waals surface area contributed by atoms with Crippen molar-refractivity contribution in [2.24, 2.45) is 39.8 Å². The monoisotopic (exact) mass is 579 g/mol. The highest BCUT2D eigenvalue weighted by molar-refractivity contribution is 5.96. The Bertz CT molecular complexity index is 998. The Labute approximate surface area is 242 Å². The lowest BCUT2D eigenvalue weighted by Gasteiger charge is -2.46. The SMILES string of the molecule is CC(C)CC1C(=O)N(CC(N)=O)CCN1C(=O)[C@H](C)N1CCN(C(=O)[C@@H](N)CC(C)C)[C@@H](CCCN=C(N)N)C1=O. The van der Waals surface area contributed by atoms with Gasteiger partial charge in [0, 0.05) is 32.7 Å². The molecule has 41 heavy (non-hydrogen) atoms. The van der Waals surface area contributed by atoms with Crippen LogP contribution in [0, 0.1) is 11.8 Å². The highest BCUT2D eigenvalue weighted by atomic mass is 16.2. The average molecular weight is 580 g/mol. The second-order valence-corrected chi connectivity index (χ2v) is 11.8. The van der Waals surface area contributed by atoms with E-state index >= 15 is 0 Å². The van der Waals surface area contributed by atoms with Crippen molar-refractivity contribution in [2.45, 2.75) is 84.5 Å². The minimum absolute atomic E-state index is 0.0610. The summed E-state index contributed by atoms with van der Waals surface area (Å²) in [4.78, 5) is 75.6. The molecule has 2 aliphatic heterocycles. The number of guanidine groups is 1. The molecular formula is C27H49N9O5. The van der Waals surface area contributed by atoms with E-state index in [0.29, 0.717) is 25.7 Å². The third kappa shape index (κ3) is 9.03. The Hall–Kier alpha value is -3.42. The molecule has 0 aromatic heterocycles. The van der Waals surface area contributed by atoms with Gasteiger partial charge in [-0.05, 0) is 44.4 Å². The lowest BCUT2D eigenvalue weighted by Crippen LogP contribution is -2.67. The molecule has 14 nitrogen and oxygen atoms in total. The molecule has 2 aliphatic rings. The molecule has 0 aromatic carbocycles. The van der Waals surface area contributed by atoms with E-state index in [1.807, 2.05) is 27.7 Å². The zero-order valence-electron chi connectivity index (χ0n) is 25.1. The predicted octanol–water partition coefficient (Wildman–Crippen LogP) is -1.59. The van der Waals surface area contributed by atoms with E-state index in [2.05, 4.69) is 4.99 Å². The molecule has 4 atom stereocenters. The summed E-state index contributed by atoms with van der Waals surface area (Å²) in [6.45, 7) is 10.3. The fourth-order valence-corrected chi connectivity index (χ4v) is 5.54. The zero-order valence-corrected chi connectivity index (χ0v) is 25.1. The minimum atomic E-state index is -0.866. The smallest absolute Gasteiger partial charge is 0.246 e. The van der Waals surface area contributed by atoms with Gasteiger partial charge in [-0.1, -0.05) is 27.7 Å². The molecular weight excluding hydrogens is 530 g/mol. The number of nitrogens with two attached hydrogens (primary N) is 4. The van der Waals surface area contributed by atoms with Gasteiger partial charge in [-0.15, -0.1) is 0 Å². The van der Waals surface area contributed by atoms with Crippen LogP contribution in [0.15, 0.2) is 4.99 Å². The highest BCUT2D eigenvalue weighted by Crippen LogP contribution is 2.24. The largest absolute Gasteiger partial charge is 0.370 e. The summed E-state index contributed by atoms with van der Waals surface area (Å²) >= 11 is 0. The number of hydrogen-bond acceptors (Lipinski definition) is 7. The van der Waals surface area contributed by atoms with Crippen molar-refractivity contribution < 1.29 is 24.0 Å². The summed E-state index contributed by atoms with van der Waals surface area (Å²) in [5, 5.41) is 0. The maximum Gasteiger partial charge on any atom is 0.246 e. The molecule has 2 saturated heterocycles. The van der Waals surface area contributed by atoms with E-state index in [9.17, 15) is 24.0 Å². The van der Waals surface area contributed by atoms with E-state index < -0.39 is 30.1 Å². The van der Waals surface area contributed by atoms with Crippen LogP contribution in [0.4, 0.5) is 0 Å². The van der Waals surface area contributed by atoms with Gasteiger partial charge in [0.2, 0.25) is 29.5 Å². The summed E-state index contributed by atoms with van der Waals surface area (Å²) < 4.78 is 0. The van der Waals surface area contributed by atoms with Crippen LogP contribution in [0.2, 0.25) is 0 Å². The van der Waals surface area contributed by atoms with Crippen LogP contribution in [0.3, 0.4) is 0 Å². The summed E-state index contributed by atoms with van der Waals surface area (Å²) in [5.41, 5.74) is 22.4. The standard InChI is InChI=1S/C27H49N9O5/c1-16(2)13-19(28)24(39)35-12-11-34(26(41)20(35)7-6-8-32-27(30)31)18(5)23(38)36-10-9-33(15-22(29)37)25(40)21(36)14-17(3)4/h16-21H,6-15,28H2,1-5H3,(H2,29,37)(H4,30,31,32)/t18-,19-,20-,21?/m0/s1. The molecule has 1 unspecified atom stereocenters. The van der Waals surface area contributed by atoms with Gasteiger partial charge in [0.15, 0.2) is 5.96 Å². The van der Waals surface area contributed by atoms with Gasteiger partial charge >= 0.3 is 0 Å². The number of hydrogen-bond donors (Lipinski definition) is 4. The molecule has 2 fully saturated rings. The van der Waals surface area contributed by atoms with Crippen molar-refractivity contribution in [1.29, 1.82) is 0 Å². The number of piperazine rings is 2. The average Bonchev–Trinajstić information content (AvgIpc) is 2.87. The van der Waals surface area contributed by atoms with Crippen LogP contribution >= 0.6 is 0 Å². The predicted molar refractivity (Wildman–Crippen MR) is 155 cm³/mol. The van der Waals surface area contributed by atoms with Gasteiger partial charge in [-0.25, -0.2) is 0 Å². The Morgan fingerprint density at radius 3 is 2.02 bits per heavy atom. The summed E-state index contributed by atoms with van der Waals surface area (Å²) in [5.74, 6) is -1.72. The number of aliphatic imine (C=N–C) groups is 1. The molecule has 232 valence electrons. The van der Waals surface area contributed by atoms with Crippen molar-refractivity contribution >= 4 is 35.5 Å². The fraction of sp³-hybridized carbons (Fsp3) is 0.778. The van der Waals surface area contributed by atoms with Gasteiger partial charge in [0.05, 0.1) is 12.6 Å². The first-order chi connectivity index (χ1) is 19.1. The highest BCUT2D eigenvalue weighted by Gasteiger charge is 2.45. The van der Waals surface area contributed by atoms with Crippen molar-refractivity contribution in [1.82, 2.24) is 19.6 Å². The number of carbonyl (C=O) groups is 5. The van der Waals surface area contributed by atoms with Gasteiger partial charge in [0.25, 0.3) is 0 Å². The first-order valence-electron chi connectivity index (χ1n) is 14.4. The Balaban J connectivity index is 2.27. The third-order valence-electron chi connectivity index (χ3n) is 7.51. The lowest BCUT2D eigenvalue weighted by atomic mass is 9.97. The first kappa shape index (κ1) is 33.8. The van der Waals surface area contributed by atoms with Gasteiger partial charge in [-0.3, -0.25) is 29.0 Å². The molecule has 0 aliphatic carbocycles. The third-order valence-corrected chi connectivity index (χ3v) is 7.51. The minimum Gasteiger partial charge on any atom is -0.370 e. The molecule has 0 radical (unpaired) electrons. The molecule has 5 amide bonds. The number of carbonyl (C=O) groups excluding carboxylic acids is 5. The molecule has 0 bridgehead atoms. The maximum absolute atomic E-state index is 13.8. The van der Waals surface area contributed by atoms with E-state index in [1.165, 1.54) is 19.6 Å². The summed E-state index contributed by atoms with van der Waals surface area (Å²) in [7, 11) is 0. The van der Waals surface area contributed by atoms with Crippen LogP contribution in [0.25, 0.3) is 0 Å². The summed E-state index contributed by atoms with van der Waals surface area (Å²) in [6.07, 6.45) is 1.63. The van der Waals surface area contributed by atoms with E-state index in [0.717, 1.165) is 0 Å². The Kier molecular flexibility index (Phi) is 12.4. The zero-order chi connectivity index (χ0) is 31.0. The molecule has 2 rings (SSSR count). The molecule has 2 heterocycles. The van der Waals surface area contributed by atoms with Crippen LogP contribution in [0.5, 0.6) is 0 Å². The van der Waals surface area contributed by atoms with Crippen molar-refractivity contribution in [3.05, 3.63) is 0 Å². The van der Waals surface area contributed by atoms with Crippen molar-refractivity contribution in [3.8, 4) is 0 Å². The van der Waals surface area contributed by atoms with E-state index in [-0.39, 0.29) is 80.7 Å². The quantitative estimate of drug-likeness (QED) is 0.113. The lowest BCUT2D eigenvalue weighted by molar-refractivity contribution is -0.162. The Morgan fingerprint density at radius 2 is 1.46 bits per heavy atom. The number of amides is 5. The second-order valence-electron chi connectivity index (χ2n) is 11.8. The van der Waals surface area contributed by atoms with Crippen LogP contribution in [0.1, 0.15) is 60.3 Å². The molecule has 0 saturated carbocycles. The van der Waals surface area contributed by atoms with Crippen LogP contribution in [-0.4, -0.2) is 119 Å². The molecule has 0 aromatic rings. The number of nitrogens with zero attached hydrogens (tertiary/aromatic N) is 5. The van der Waals surface area contributed by atoms with E-state index in [1.54, 1.807) is 6.92 Å². The molecule has 8 N–H and O–H groups in total. The normalized spacial score (nSPS) is 21.4. The van der Waals surface area contributed by atoms with Crippen LogP contribution in [-0.2, 0) is 24.0 Å². The van der Waals surface area contributed by atoms with E-state index in [4.69, 9.17) is 22.9 Å². The first-order valence-corrected chi connectivity index (χ1v) is 14.4. The van der Waals surface area contributed by atoms with Gasteiger partial charge < -0.3 is 42.5 Å². The molecule has 0 spiro atoms. The number of rotatable bonds is 13. The van der Waals surface area contributed by atoms with Crippen molar-refractivity contribution in [2.75, 3.05) is 39.3 Å². The van der Waals surface area contributed by atoms with Gasteiger partial charge in [0.1, 0.15) is 18.1 Å². The van der Waals surface area contributed by atoms with Crippen molar-refractivity contribution in [3.63, 3.8) is 0 Å². The summed E-state index contributed by atoms with van der Waals surface area (Å²) in [6, 6.07) is -3.19. The maximum atomic E-state index is 13.8. The van der Waals surface area contributed by atoms with Crippen LogP contribution < -0.4 is 22.9 Å².